The molecule has 1 atom stereocenters. The molecule has 0 fully saturated rings. The van der Waals surface area contributed by atoms with Crippen molar-refractivity contribution in [3.8, 4) is 0 Å². The highest BCUT2D eigenvalue weighted by Gasteiger charge is 2.22. The van der Waals surface area contributed by atoms with Crippen LogP contribution in [0.2, 0.25) is 5.02 Å². The zero-order valence-corrected chi connectivity index (χ0v) is 14.2. The summed E-state index contributed by atoms with van der Waals surface area (Å²) in [6.07, 6.45) is 0.947. The van der Waals surface area contributed by atoms with E-state index in [9.17, 15) is 8.42 Å². The van der Waals surface area contributed by atoms with Gasteiger partial charge in [0.2, 0.25) is 10.0 Å². The maximum Gasteiger partial charge on any atom is 0.250 e. The molecule has 0 aromatic carbocycles. The van der Waals surface area contributed by atoms with E-state index < -0.39 is 10.0 Å². The minimum atomic E-state index is -3.58. The molecule has 1 rings (SSSR count). The Hall–Kier alpha value is 0.270. The highest BCUT2D eigenvalue weighted by molar-refractivity contribution is 9.11. The van der Waals surface area contributed by atoms with Crippen molar-refractivity contribution in [1.82, 2.24) is 4.72 Å². The SMILES string of the molecule is CCC(CC(N)=S)NS(=O)(=O)c1cc(Cl)c(Br)s1. The molecule has 102 valence electrons. The monoisotopic (exact) mass is 390 g/mol. The molecule has 0 aliphatic carbocycles. The van der Waals surface area contributed by atoms with Gasteiger partial charge in [-0.15, -0.1) is 11.3 Å². The number of hydrogen-bond acceptors (Lipinski definition) is 4. The number of thiophene rings is 1. The standard InChI is InChI=1S/C9H12BrClN2O2S3/c1-2-5(3-7(12)16)13-18(14,15)8-4-6(11)9(10)17-8/h4-5,13H,2-3H2,1H3,(H2,12,16). The highest BCUT2D eigenvalue weighted by Crippen LogP contribution is 2.34. The van der Waals surface area contributed by atoms with Gasteiger partial charge in [-0.1, -0.05) is 30.7 Å². The van der Waals surface area contributed by atoms with Gasteiger partial charge in [0.25, 0.3) is 0 Å². The minimum Gasteiger partial charge on any atom is -0.393 e. The molecule has 0 saturated heterocycles. The summed E-state index contributed by atoms with van der Waals surface area (Å²) in [4.78, 5) is 0.287. The van der Waals surface area contributed by atoms with E-state index in [1.807, 2.05) is 6.92 Å². The van der Waals surface area contributed by atoms with Gasteiger partial charge in [-0.2, -0.15) is 0 Å². The smallest absolute Gasteiger partial charge is 0.250 e. The quantitative estimate of drug-likeness (QED) is 0.731. The molecular weight excluding hydrogens is 380 g/mol. The van der Waals surface area contributed by atoms with Crippen molar-refractivity contribution in [2.75, 3.05) is 0 Å². The first-order chi connectivity index (χ1) is 8.26. The third-order valence-corrected chi connectivity index (χ3v) is 6.79. The van der Waals surface area contributed by atoms with Crippen LogP contribution in [0.15, 0.2) is 14.1 Å². The fourth-order valence-corrected chi connectivity index (χ4v) is 5.18. The van der Waals surface area contributed by atoms with Crippen LogP contribution in [-0.4, -0.2) is 19.4 Å². The van der Waals surface area contributed by atoms with E-state index in [2.05, 4.69) is 20.7 Å². The van der Waals surface area contributed by atoms with Gasteiger partial charge in [-0.25, -0.2) is 13.1 Å². The zero-order valence-electron chi connectivity index (χ0n) is 9.44. The summed E-state index contributed by atoms with van der Waals surface area (Å²) in [6, 6.07) is 1.11. The number of halogens is 2. The summed E-state index contributed by atoms with van der Waals surface area (Å²) < 4.78 is 27.5. The van der Waals surface area contributed by atoms with Crippen molar-refractivity contribution in [2.45, 2.75) is 30.0 Å². The van der Waals surface area contributed by atoms with Crippen molar-refractivity contribution in [1.29, 1.82) is 0 Å². The zero-order chi connectivity index (χ0) is 13.9. The topological polar surface area (TPSA) is 72.2 Å². The Morgan fingerprint density at radius 2 is 2.33 bits per heavy atom. The first-order valence-corrected chi connectivity index (χ1v) is 8.89. The number of nitrogens with two attached hydrogens (primary N) is 1. The lowest BCUT2D eigenvalue weighted by Crippen LogP contribution is -2.36. The number of rotatable bonds is 6. The molecule has 1 heterocycles. The molecule has 0 aliphatic heterocycles. The van der Waals surface area contributed by atoms with Crippen LogP contribution in [0.3, 0.4) is 0 Å². The molecule has 9 heteroatoms. The summed E-state index contributed by atoms with van der Waals surface area (Å²) >= 11 is 14.9. The van der Waals surface area contributed by atoms with Crippen LogP contribution in [-0.2, 0) is 10.0 Å². The summed E-state index contributed by atoms with van der Waals surface area (Å²) in [6.45, 7) is 1.86. The molecule has 3 N–H and O–H groups in total. The predicted octanol–water partition coefficient (Wildman–Crippen LogP) is 2.90. The molecule has 0 bridgehead atoms. The van der Waals surface area contributed by atoms with Crippen molar-refractivity contribution < 1.29 is 8.42 Å². The van der Waals surface area contributed by atoms with Gasteiger partial charge in [-0.3, -0.25) is 0 Å². The third-order valence-electron chi connectivity index (χ3n) is 2.15. The Morgan fingerprint density at radius 1 is 1.72 bits per heavy atom. The van der Waals surface area contributed by atoms with Crippen LogP contribution in [0, 0.1) is 0 Å². The summed E-state index contributed by atoms with van der Waals surface area (Å²) in [5.41, 5.74) is 5.43. The number of sulfonamides is 1. The summed E-state index contributed by atoms with van der Waals surface area (Å²) in [7, 11) is -3.58. The fraction of sp³-hybridized carbons (Fsp3) is 0.444. The maximum absolute atomic E-state index is 12.1. The average Bonchev–Trinajstić information content (AvgIpc) is 2.58. The van der Waals surface area contributed by atoms with Crippen LogP contribution in [0.5, 0.6) is 0 Å². The molecule has 0 radical (unpaired) electrons. The molecule has 0 amide bonds. The molecule has 18 heavy (non-hydrogen) atoms. The van der Waals surface area contributed by atoms with E-state index in [-0.39, 0.29) is 15.2 Å². The second-order valence-corrected chi connectivity index (χ2v) is 8.83. The number of thiocarbonyl (C=S) groups is 1. The van der Waals surface area contributed by atoms with Crippen LogP contribution in [0.25, 0.3) is 0 Å². The Kier molecular flexibility index (Phi) is 6.01. The van der Waals surface area contributed by atoms with E-state index in [0.29, 0.717) is 21.7 Å². The summed E-state index contributed by atoms with van der Waals surface area (Å²) in [5.74, 6) is 0. The van der Waals surface area contributed by atoms with E-state index in [4.69, 9.17) is 29.6 Å². The molecule has 4 nitrogen and oxygen atoms in total. The molecule has 0 saturated carbocycles. The largest absolute Gasteiger partial charge is 0.393 e. The van der Waals surface area contributed by atoms with E-state index in [1.54, 1.807) is 0 Å². The Morgan fingerprint density at radius 3 is 2.72 bits per heavy atom. The lowest BCUT2D eigenvalue weighted by molar-refractivity contribution is 0.548. The van der Waals surface area contributed by atoms with Crippen molar-refractivity contribution in [2.24, 2.45) is 5.73 Å². The van der Waals surface area contributed by atoms with Crippen LogP contribution < -0.4 is 10.5 Å². The second kappa shape index (κ2) is 6.62. The average molecular weight is 392 g/mol. The summed E-state index contributed by atoms with van der Waals surface area (Å²) in [5, 5.41) is 0.378. The van der Waals surface area contributed by atoms with Crippen molar-refractivity contribution >= 4 is 66.1 Å². The lowest BCUT2D eigenvalue weighted by Gasteiger charge is -2.15. The fourth-order valence-electron chi connectivity index (χ4n) is 1.25. The first kappa shape index (κ1) is 16.3. The molecule has 1 unspecified atom stereocenters. The van der Waals surface area contributed by atoms with Gasteiger partial charge in [0.05, 0.1) is 13.8 Å². The first-order valence-electron chi connectivity index (χ1n) is 5.01. The van der Waals surface area contributed by atoms with Gasteiger partial charge in [0.1, 0.15) is 4.21 Å². The van der Waals surface area contributed by atoms with Gasteiger partial charge in [-0.05, 0) is 28.4 Å². The van der Waals surface area contributed by atoms with Gasteiger partial charge < -0.3 is 5.73 Å². The Labute approximate surface area is 129 Å². The van der Waals surface area contributed by atoms with Crippen LogP contribution >= 0.6 is 51.1 Å². The molecule has 1 aromatic heterocycles. The number of hydrogen-bond donors (Lipinski definition) is 2. The minimum absolute atomic E-state index is 0.167. The molecule has 1 aromatic rings. The molecular formula is C9H12BrClN2O2S3. The highest BCUT2D eigenvalue weighted by atomic mass is 79.9. The Bertz CT molecular complexity index is 525. The number of nitrogens with one attached hydrogen (secondary N) is 1. The van der Waals surface area contributed by atoms with Crippen molar-refractivity contribution in [3.05, 3.63) is 14.9 Å². The van der Waals surface area contributed by atoms with Gasteiger partial charge >= 0.3 is 0 Å². The van der Waals surface area contributed by atoms with Crippen LogP contribution in [0.1, 0.15) is 19.8 Å². The normalized spacial score (nSPS) is 13.5. The Balaban J connectivity index is 2.90. The third kappa shape index (κ3) is 4.43. The van der Waals surface area contributed by atoms with E-state index in [0.717, 1.165) is 11.3 Å². The van der Waals surface area contributed by atoms with Gasteiger partial charge in [0, 0.05) is 12.5 Å². The van der Waals surface area contributed by atoms with Crippen molar-refractivity contribution in [3.63, 3.8) is 0 Å². The van der Waals surface area contributed by atoms with E-state index >= 15 is 0 Å². The molecule has 0 aliphatic rings. The van der Waals surface area contributed by atoms with E-state index in [1.165, 1.54) is 6.07 Å². The molecule has 0 spiro atoms. The lowest BCUT2D eigenvalue weighted by atomic mass is 10.2. The predicted molar refractivity (Wildman–Crippen MR) is 82.8 cm³/mol. The second-order valence-electron chi connectivity index (χ2n) is 3.58. The van der Waals surface area contributed by atoms with Crippen LogP contribution in [0.4, 0.5) is 0 Å². The van der Waals surface area contributed by atoms with Gasteiger partial charge in [0.15, 0.2) is 0 Å². The maximum atomic E-state index is 12.1.